The molecule has 0 N–H and O–H groups in total. The third-order valence-corrected chi connectivity index (χ3v) is 3.20. The van der Waals surface area contributed by atoms with Crippen LogP contribution in [-0.4, -0.2) is 5.78 Å². The first-order chi connectivity index (χ1) is 10.3. The molecule has 96 valence electrons. The molecule has 0 saturated carbocycles. The smallest absolute Gasteiger partial charge is 0.193 e. The molecule has 3 aromatic carbocycles. The quantitative estimate of drug-likeness (QED) is 0.629. The van der Waals surface area contributed by atoms with Crippen LogP contribution in [0.25, 0.3) is 11.1 Å². The lowest BCUT2D eigenvalue weighted by Crippen LogP contribution is -2.00. The van der Waals surface area contributed by atoms with Crippen LogP contribution in [0.3, 0.4) is 0 Å². The second-order valence-electron chi connectivity index (χ2n) is 4.55. The minimum atomic E-state index is -0.111. The van der Waals surface area contributed by atoms with Gasteiger partial charge >= 0.3 is 0 Å². The van der Waals surface area contributed by atoms with Gasteiger partial charge in [0.05, 0.1) is 1.37 Å². The highest BCUT2D eigenvalue weighted by molar-refractivity contribution is 6.09. The Morgan fingerprint density at radius 2 is 1.25 bits per heavy atom. The van der Waals surface area contributed by atoms with E-state index in [4.69, 9.17) is 1.37 Å². The zero-order valence-corrected chi connectivity index (χ0v) is 10.9. The van der Waals surface area contributed by atoms with E-state index in [1.807, 2.05) is 54.6 Å². The van der Waals surface area contributed by atoms with Gasteiger partial charge in [0.2, 0.25) is 0 Å². The lowest BCUT2D eigenvalue weighted by Gasteiger charge is -2.04. The number of carbonyl (C=O) groups excluding carboxylic acids is 1. The van der Waals surface area contributed by atoms with Gasteiger partial charge in [-0.25, -0.2) is 0 Å². The van der Waals surface area contributed by atoms with Crippen molar-refractivity contribution in [1.29, 1.82) is 0 Å². The van der Waals surface area contributed by atoms with Gasteiger partial charge in [-0.1, -0.05) is 84.9 Å². The summed E-state index contributed by atoms with van der Waals surface area (Å²) < 4.78 is 8.12. The van der Waals surface area contributed by atoms with E-state index in [1.54, 1.807) is 24.3 Å². The van der Waals surface area contributed by atoms with Gasteiger partial charge in [-0.05, 0) is 11.1 Å². The predicted molar refractivity (Wildman–Crippen MR) is 81.8 cm³/mol. The van der Waals surface area contributed by atoms with Gasteiger partial charge in [0, 0.05) is 11.1 Å². The summed E-state index contributed by atoms with van der Waals surface area (Å²) in [5.74, 6) is -0.111. The summed E-state index contributed by atoms with van der Waals surface area (Å²) in [7, 11) is 0. The largest absolute Gasteiger partial charge is 0.289 e. The maximum Gasteiger partial charge on any atom is 0.193 e. The van der Waals surface area contributed by atoms with Crippen LogP contribution in [0.5, 0.6) is 0 Å². The third kappa shape index (κ3) is 2.52. The molecule has 0 spiro atoms. The van der Waals surface area contributed by atoms with Crippen LogP contribution in [0.15, 0.2) is 84.9 Å². The Balaban J connectivity index is 1.98. The standard InChI is InChI=1S/C19H14O/c20-19(17-9-5-2-6-10-17)18-13-11-16(12-14-18)15-7-3-1-4-8-15/h1-14H/i13D. The van der Waals surface area contributed by atoms with Crippen LogP contribution in [-0.2, 0) is 0 Å². The Hall–Kier alpha value is -2.67. The van der Waals surface area contributed by atoms with Crippen LogP contribution in [0.4, 0.5) is 0 Å². The van der Waals surface area contributed by atoms with E-state index in [2.05, 4.69) is 0 Å². The van der Waals surface area contributed by atoms with Gasteiger partial charge in [0.15, 0.2) is 5.78 Å². The molecule has 1 heteroatoms. The van der Waals surface area contributed by atoms with Crippen molar-refractivity contribution in [3.05, 3.63) is 96.0 Å². The average molecular weight is 259 g/mol. The second-order valence-corrected chi connectivity index (χ2v) is 4.55. The number of benzene rings is 3. The van der Waals surface area contributed by atoms with E-state index < -0.39 is 0 Å². The molecular weight excluding hydrogens is 244 g/mol. The fourth-order valence-corrected chi connectivity index (χ4v) is 2.12. The topological polar surface area (TPSA) is 17.1 Å². The highest BCUT2D eigenvalue weighted by Gasteiger charge is 2.08. The molecular formula is C19H14O. The van der Waals surface area contributed by atoms with Crippen molar-refractivity contribution < 1.29 is 6.17 Å². The Bertz CT molecular complexity index is 764. The van der Waals surface area contributed by atoms with E-state index in [0.29, 0.717) is 11.1 Å². The number of hydrogen-bond donors (Lipinski definition) is 0. The molecule has 0 fully saturated rings. The van der Waals surface area contributed by atoms with Crippen molar-refractivity contribution in [2.24, 2.45) is 0 Å². The third-order valence-electron chi connectivity index (χ3n) is 3.20. The fourth-order valence-electron chi connectivity index (χ4n) is 2.12. The van der Waals surface area contributed by atoms with Crippen LogP contribution in [0, 0.1) is 0 Å². The Morgan fingerprint density at radius 1 is 0.650 bits per heavy atom. The molecule has 0 saturated heterocycles. The monoisotopic (exact) mass is 259 g/mol. The zero-order chi connectivity index (χ0) is 14.7. The van der Waals surface area contributed by atoms with E-state index in [1.165, 1.54) is 0 Å². The molecule has 0 unspecified atom stereocenters. The fraction of sp³-hybridized carbons (Fsp3) is 0. The van der Waals surface area contributed by atoms with Crippen molar-refractivity contribution >= 4 is 5.78 Å². The first-order valence-corrected chi connectivity index (χ1v) is 6.51. The highest BCUT2D eigenvalue weighted by atomic mass is 16.1. The van der Waals surface area contributed by atoms with Gasteiger partial charge in [0.1, 0.15) is 0 Å². The highest BCUT2D eigenvalue weighted by Crippen LogP contribution is 2.20. The number of ketones is 1. The molecule has 0 bridgehead atoms. The maximum absolute atomic E-state index is 12.4. The van der Waals surface area contributed by atoms with E-state index in [-0.39, 0.29) is 11.8 Å². The number of carbonyl (C=O) groups is 1. The predicted octanol–water partition coefficient (Wildman–Crippen LogP) is 4.58. The summed E-state index contributed by atoms with van der Waals surface area (Å²) in [4.78, 5) is 12.4. The average Bonchev–Trinajstić information content (AvgIpc) is 2.56. The number of rotatable bonds is 3. The molecule has 20 heavy (non-hydrogen) atoms. The summed E-state index contributed by atoms with van der Waals surface area (Å²) in [6.45, 7) is 0. The molecule has 0 aromatic heterocycles. The normalized spacial score (nSPS) is 10.9. The Morgan fingerprint density at radius 3 is 1.90 bits per heavy atom. The molecule has 0 aliphatic heterocycles. The van der Waals surface area contributed by atoms with Crippen molar-refractivity contribution in [1.82, 2.24) is 0 Å². The summed E-state index contributed by atoms with van der Waals surface area (Å²) in [5.41, 5.74) is 3.04. The molecule has 3 aromatic rings. The summed E-state index contributed by atoms with van der Waals surface area (Å²) in [5, 5.41) is 0. The van der Waals surface area contributed by atoms with Crippen molar-refractivity contribution in [2.45, 2.75) is 0 Å². The molecule has 3 rings (SSSR count). The first-order valence-electron chi connectivity index (χ1n) is 7.01. The Labute approximate surface area is 119 Å². The first kappa shape index (κ1) is 11.2. The zero-order valence-electron chi connectivity index (χ0n) is 11.9. The maximum atomic E-state index is 12.4. The SMILES string of the molecule is [2H]c1cc(-c2ccccc2)ccc1C(=O)c1ccccc1. The summed E-state index contributed by atoms with van der Waals surface area (Å²) >= 11 is 0. The minimum absolute atomic E-state index is 0.111. The summed E-state index contributed by atoms with van der Waals surface area (Å²) in [6, 6.07) is 24.6. The van der Waals surface area contributed by atoms with Gasteiger partial charge in [-0.2, -0.15) is 0 Å². The van der Waals surface area contributed by atoms with Crippen LogP contribution >= 0.6 is 0 Å². The lowest BCUT2D eigenvalue weighted by atomic mass is 9.99. The van der Waals surface area contributed by atoms with Crippen molar-refractivity contribution in [3.8, 4) is 11.1 Å². The van der Waals surface area contributed by atoms with Crippen molar-refractivity contribution in [2.75, 3.05) is 0 Å². The van der Waals surface area contributed by atoms with Crippen molar-refractivity contribution in [3.63, 3.8) is 0 Å². The molecule has 0 aliphatic rings. The van der Waals surface area contributed by atoms with E-state index >= 15 is 0 Å². The van der Waals surface area contributed by atoms with Crippen LogP contribution in [0.1, 0.15) is 17.3 Å². The molecule has 1 nitrogen and oxygen atoms in total. The van der Waals surface area contributed by atoms with Crippen LogP contribution in [0.2, 0.25) is 0 Å². The van der Waals surface area contributed by atoms with Gasteiger partial charge in [0.25, 0.3) is 0 Å². The van der Waals surface area contributed by atoms with Gasteiger partial charge in [-0.15, -0.1) is 0 Å². The minimum Gasteiger partial charge on any atom is -0.289 e. The molecule has 0 amide bonds. The van der Waals surface area contributed by atoms with Crippen LogP contribution < -0.4 is 0 Å². The van der Waals surface area contributed by atoms with Gasteiger partial charge < -0.3 is 0 Å². The van der Waals surface area contributed by atoms with Gasteiger partial charge in [-0.3, -0.25) is 4.79 Å². The Kier molecular flexibility index (Phi) is 3.09. The molecule has 0 atom stereocenters. The molecule has 0 radical (unpaired) electrons. The lowest BCUT2D eigenvalue weighted by molar-refractivity contribution is 0.103. The van der Waals surface area contributed by atoms with E-state index in [0.717, 1.165) is 11.1 Å². The number of hydrogen-bond acceptors (Lipinski definition) is 1. The molecule has 0 heterocycles. The second kappa shape index (κ2) is 5.54. The summed E-state index contributed by atoms with van der Waals surface area (Å²) in [6.07, 6.45) is 0. The van der Waals surface area contributed by atoms with E-state index in [9.17, 15) is 4.79 Å². The molecule has 0 aliphatic carbocycles.